The Morgan fingerprint density at radius 3 is 2.53 bits per heavy atom. The summed E-state index contributed by atoms with van der Waals surface area (Å²) in [7, 11) is 1.87. The third kappa shape index (κ3) is 4.21. The fourth-order valence-electron chi connectivity index (χ4n) is 3.39. The van der Waals surface area contributed by atoms with Gasteiger partial charge in [0.2, 0.25) is 5.91 Å². The predicted molar refractivity (Wildman–Crippen MR) is 123 cm³/mol. The van der Waals surface area contributed by atoms with E-state index >= 15 is 0 Å². The number of aryl methyl sites for hydroxylation is 2. The Morgan fingerprint density at radius 2 is 1.87 bits per heavy atom. The van der Waals surface area contributed by atoms with Crippen LogP contribution >= 0.6 is 11.3 Å². The summed E-state index contributed by atoms with van der Waals surface area (Å²) in [6, 6.07) is 16.0. The zero-order valence-electron chi connectivity index (χ0n) is 17.6. The van der Waals surface area contributed by atoms with Crippen molar-refractivity contribution < 1.29 is 4.79 Å². The molecule has 0 radical (unpaired) electrons. The van der Waals surface area contributed by atoms with E-state index in [1.54, 1.807) is 16.0 Å². The fourth-order valence-corrected chi connectivity index (χ4v) is 4.39. The van der Waals surface area contributed by atoms with Gasteiger partial charge in [0.15, 0.2) is 0 Å². The lowest BCUT2D eigenvalue weighted by atomic mass is 10.1. The van der Waals surface area contributed by atoms with E-state index < -0.39 is 0 Å². The van der Waals surface area contributed by atoms with Gasteiger partial charge in [-0.05, 0) is 50.6 Å². The van der Waals surface area contributed by atoms with Gasteiger partial charge in [-0.2, -0.15) is 5.10 Å². The molecule has 0 aliphatic rings. The molecule has 0 aliphatic carbocycles. The summed E-state index contributed by atoms with van der Waals surface area (Å²) in [5.74, 6) is -0.0900. The number of benzene rings is 2. The third-order valence-corrected chi connectivity index (χ3v) is 6.22. The van der Waals surface area contributed by atoms with Gasteiger partial charge in [0.05, 0.1) is 32.3 Å². The van der Waals surface area contributed by atoms with E-state index in [9.17, 15) is 4.79 Å². The minimum absolute atomic E-state index is 0.0900. The molecule has 0 unspecified atom stereocenters. The number of para-hydroxylation sites is 1. The highest BCUT2D eigenvalue weighted by atomic mass is 32.1. The summed E-state index contributed by atoms with van der Waals surface area (Å²) in [5, 5.41) is 11.7. The van der Waals surface area contributed by atoms with E-state index in [1.165, 1.54) is 10.3 Å². The van der Waals surface area contributed by atoms with Gasteiger partial charge in [0, 0.05) is 19.2 Å². The molecule has 0 saturated heterocycles. The van der Waals surface area contributed by atoms with Gasteiger partial charge in [-0.1, -0.05) is 24.3 Å². The number of rotatable bonds is 6. The number of nitrogens with zero attached hydrogens (tertiary/aromatic N) is 3. The lowest BCUT2D eigenvalue weighted by molar-refractivity contribution is -0.116. The summed E-state index contributed by atoms with van der Waals surface area (Å²) < 4.78 is 2.98. The molecule has 0 saturated carbocycles. The Labute approximate surface area is 180 Å². The van der Waals surface area contributed by atoms with E-state index in [-0.39, 0.29) is 11.9 Å². The summed E-state index contributed by atoms with van der Waals surface area (Å²) >= 11 is 1.73. The molecule has 2 aromatic carbocycles. The second-order valence-corrected chi connectivity index (χ2v) is 8.59. The lowest BCUT2D eigenvalue weighted by Gasteiger charge is -2.16. The maximum Gasteiger partial charge on any atom is 0.246 e. The molecule has 1 amide bonds. The first kappa shape index (κ1) is 20.1. The quantitative estimate of drug-likeness (QED) is 0.476. The summed E-state index contributed by atoms with van der Waals surface area (Å²) in [5.41, 5.74) is 5.68. The molecule has 6 nitrogen and oxygen atoms in total. The van der Waals surface area contributed by atoms with E-state index in [1.807, 2.05) is 58.2 Å². The molecule has 2 aromatic heterocycles. The molecule has 4 rings (SSSR count). The highest BCUT2D eigenvalue weighted by Gasteiger charge is 2.17. The molecule has 2 heterocycles. The molecule has 1 atom stereocenters. The van der Waals surface area contributed by atoms with Crippen molar-refractivity contribution in [3.05, 3.63) is 70.5 Å². The van der Waals surface area contributed by atoms with Gasteiger partial charge >= 0.3 is 0 Å². The maximum atomic E-state index is 12.6. The van der Waals surface area contributed by atoms with Crippen molar-refractivity contribution in [3.8, 4) is 0 Å². The number of amides is 1. The van der Waals surface area contributed by atoms with Crippen molar-refractivity contribution in [1.82, 2.24) is 14.8 Å². The van der Waals surface area contributed by atoms with Crippen LogP contribution in [0, 0.1) is 13.8 Å². The van der Waals surface area contributed by atoms with Crippen molar-refractivity contribution >= 4 is 38.8 Å². The number of aromatic nitrogens is 3. The average molecular weight is 420 g/mol. The van der Waals surface area contributed by atoms with Gasteiger partial charge in [-0.3, -0.25) is 9.48 Å². The molecule has 30 heavy (non-hydrogen) atoms. The first-order valence-corrected chi connectivity index (χ1v) is 10.7. The molecule has 0 aliphatic heterocycles. The van der Waals surface area contributed by atoms with Crippen LogP contribution < -0.4 is 10.6 Å². The number of nitrogens with one attached hydrogen (secondary N) is 2. The van der Waals surface area contributed by atoms with Crippen molar-refractivity contribution in [3.63, 3.8) is 0 Å². The number of carbonyl (C=O) groups excluding carboxylic acids is 1. The normalized spacial score (nSPS) is 12.1. The van der Waals surface area contributed by atoms with Crippen LogP contribution in [0.3, 0.4) is 0 Å². The summed E-state index contributed by atoms with van der Waals surface area (Å²) in [6.07, 6.45) is 0.801. The zero-order valence-corrected chi connectivity index (χ0v) is 18.4. The van der Waals surface area contributed by atoms with Crippen LogP contribution in [0.1, 0.15) is 28.9 Å². The van der Waals surface area contributed by atoms with Crippen LogP contribution in [0.25, 0.3) is 10.2 Å². The molecule has 0 fully saturated rings. The van der Waals surface area contributed by atoms with Crippen LogP contribution in [0.2, 0.25) is 0 Å². The van der Waals surface area contributed by atoms with Gasteiger partial charge in [-0.15, -0.1) is 11.3 Å². The SMILES string of the molecule is Cc1nn(C)c(C)c1NC(=O)[C@H](C)Nc1ccc(Cc2nc3ccccc3s2)cc1. The smallest absolute Gasteiger partial charge is 0.246 e. The van der Waals surface area contributed by atoms with Crippen molar-refractivity contribution in [2.45, 2.75) is 33.2 Å². The Hall–Kier alpha value is -3.19. The topological polar surface area (TPSA) is 71.8 Å². The summed E-state index contributed by atoms with van der Waals surface area (Å²) in [6.45, 7) is 5.69. The highest BCUT2D eigenvalue weighted by molar-refractivity contribution is 7.18. The Bertz CT molecular complexity index is 1160. The van der Waals surface area contributed by atoms with Crippen molar-refractivity contribution in [2.75, 3.05) is 10.6 Å². The van der Waals surface area contributed by atoms with Gasteiger partial charge in [0.25, 0.3) is 0 Å². The van der Waals surface area contributed by atoms with Crippen LogP contribution in [0.4, 0.5) is 11.4 Å². The van der Waals surface area contributed by atoms with E-state index in [4.69, 9.17) is 4.98 Å². The molecule has 7 heteroatoms. The molecule has 0 bridgehead atoms. The van der Waals surface area contributed by atoms with Crippen LogP contribution in [-0.2, 0) is 18.3 Å². The van der Waals surface area contributed by atoms with Crippen molar-refractivity contribution in [2.24, 2.45) is 7.05 Å². The van der Waals surface area contributed by atoms with E-state index in [0.717, 1.165) is 39.7 Å². The van der Waals surface area contributed by atoms with Gasteiger partial charge < -0.3 is 10.6 Å². The fraction of sp³-hybridized carbons (Fsp3) is 0.261. The molecule has 2 N–H and O–H groups in total. The molecule has 154 valence electrons. The largest absolute Gasteiger partial charge is 0.374 e. The number of thiazole rings is 1. The second-order valence-electron chi connectivity index (χ2n) is 7.47. The minimum atomic E-state index is -0.376. The average Bonchev–Trinajstić information content (AvgIpc) is 3.24. The first-order valence-electron chi connectivity index (χ1n) is 9.91. The number of anilines is 2. The molecular formula is C23H25N5OS. The van der Waals surface area contributed by atoms with Crippen molar-refractivity contribution in [1.29, 1.82) is 0 Å². The predicted octanol–water partition coefficient (Wildman–Crippen LogP) is 4.68. The molecule has 4 aromatic rings. The zero-order chi connectivity index (χ0) is 21.3. The van der Waals surface area contributed by atoms with Crippen LogP contribution in [0.5, 0.6) is 0 Å². The highest BCUT2D eigenvalue weighted by Crippen LogP contribution is 2.24. The number of hydrogen-bond acceptors (Lipinski definition) is 5. The Balaban J connectivity index is 1.38. The minimum Gasteiger partial charge on any atom is -0.374 e. The maximum absolute atomic E-state index is 12.6. The second kappa shape index (κ2) is 8.28. The number of fused-ring (bicyclic) bond motifs is 1. The first-order chi connectivity index (χ1) is 14.4. The van der Waals surface area contributed by atoms with E-state index in [2.05, 4.69) is 33.9 Å². The van der Waals surface area contributed by atoms with Gasteiger partial charge in [0.1, 0.15) is 6.04 Å². The Morgan fingerprint density at radius 1 is 1.13 bits per heavy atom. The standard InChI is InChI=1S/C23H25N5OS/c1-14-22(16(3)28(4)27-14)26-23(29)15(2)24-18-11-9-17(10-12-18)13-21-25-19-7-5-6-8-20(19)30-21/h5-12,15,24H,13H2,1-4H3,(H,26,29)/t15-/m0/s1. The molecule has 0 spiro atoms. The molecular weight excluding hydrogens is 394 g/mol. The monoisotopic (exact) mass is 419 g/mol. The lowest BCUT2D eigenvalue weighted by Crippen LogP contribution is -2.32. The third-order valence-electron chi connectivity index (χ3n) is 5.18. The van der Waals surface area contributed by atoms with Crippen LogP contribution in [0.15, 0.2) is 48.5 Å². The summed E-state index contributed by atoms with van der Waals surface area (Å²) in [4.78, 5) is 17.3. The van der Waals surface area contributed by atoms with E-state index in [0.29, 0.717) is 0 Å². The number of hydrogen-bond donors (Lipinski definition) is 2. The van der Waals surface area contributed by atoms with Gasteiger partial charge in [-0.25, -0.2) is 4.98 Å². The number of carbonyl (C=O) groups is 1. The Kier molecular flexibility index (Phi) is 5.55. The van der Waals surface area contributed by atoms with Crippen LogP contribution in [-0.4, -0.2) is 26.7 Å².